The summed E-state index contributed by atoms with van der Waals surface area (Å²) in [4.78, 5) is 21.8. The van der Waals surface area contributed by atoms with Crippen molar-refractivity contribution >= 4 is 12.0 Å². The molecule has 1 aromatic carbocycles. The standard InChI is InChI=1S/C16H24N2O3/c1-13(14-7-3-2-4-8-14)10-12-18-16(21)17-11-6-5-9-15(19)20/h2-4,7-8,13H,5-6,9-12H2,1H3,(H,19,20)(H2,17,18,21). The highest BCUT2D eigenvalue weighted by Gasteiger charge is 2.06. The van der Waals surface area contributed by atoms with Gasteiger partial charge in [-0.15, -0.1) is 0 Å². The first kappa shape index (κ1) is 17.0. The Balaban J connectivity index is 2.07. The lowest BCUT2D eigenvalue weighted by Crippen LogP contribution is -2.36. The van der Waals surface area contributed by atoms with Crippen LogP contribution in [0.5, 0.6) is 0 Å². The minimum atomic E-state index is -0.797. The number of urea groups is 1. The summed E-state index contributed by atoms with van der Waals surface area (Å²) in [5, 5.41) is 14.0. The number of hydrogen-bond acceptors (Lipinski definition) is 2. The average Bonchev–Trinajstić information content (AvgIpc) is 2.47. The Bertz CT molecular complexity index is 434. The molecule has 0 radical (unpaired) electrons. The fraction of sp³-hybridized carbons (Fsp3) is 0.500. The van der Waals surface area contributed by atoms with Gasteiger partial charge >= 0.3 is 12.0 Å². The summed E-state index contributed by atoms with van der Waals surface area (Å²) in [7, 11) is 0. The van der Waals surface area contributed by atoms with Gasteiger partial charge in [-0.3, -0.25) is 4.79 Å². The van der Waals surface area contributed by atoms with Crippen LogP contribution in [0, 0.1) is 0 Å². The Kier molecular flexibility index (Phi) is 7.94. The molecular weight excluding hydrogens is 268 g/mol. The normalized spacial score (nSPS) is 11.7. The third-order valence-electron chi connectivity index (χ3n) is 3.33. The third kappa shape index (κ3) is 7.97. The number of carboxylic acid groups (broad SMARTS) is 1. The molecule has 0 heterocycles. The van der Waals surface area contributed by atoms with Crippen molar-refractivity contribution in [3.05, 3.63) is 35.9 Å². The van der Waals surface area contributed by atoms with Gasteiger partial charge in [0, 0.05) is 19.5 Å². The highest BCUT2D eigenvalue weighted by molar-refractivity contribution is 5.73. The van der Waals surface area contributed by atoms with Crippen molar-refractivity contribution in [2.75, 3.05) is 13.1 Å². The van der Waals surface area contributed by atoms with E-state index in [1.807, 2.05) is 18.2 Å². The van der Waals surface area contributed by atoms with Crippen LogP contribution in [0.1, 0.15) is 44.1 Å². The van der Waals surface area contributed by atoms with Crippen LogP contribution in [-0.2, 0) is 4.79 Å². The van der Waals surface area contributed by atoms with Crippen LogP contribution in [0.2, 0.25) is 0 Å². The molecular formula is C16H24N2O3. The smallest absolute Gasteiger partial charge is 0.314 e. The Morgan fingerprint density at radius 2 is 1.76 bits per heavy atom. The number of hydrogen-bond donors (Lipinski definition) is 3. The molecule has 3 N–H and O–H groups in total. The van der Waals surface area contributed by atoms with Crippen molar-refractivity contribution in [1.29, 1.82) is 0 Å². The molecule has 0 fully saturated rings. The van der Waals surface area contributed by atoms with Gasteiger partial charge in [0.15, 0.2) is 0 Å². The maximum Gasteiger partial charge on any atom is 0.314 e. The van der Waals surface area contributed by atoms with E-state index in [9.17, 15) is 9.59 Å². The average molecular weight is 292 g/mol. The number of carbonyl (C=O) groups excluding carboxylic acids is 1. The number of benzene rings is 1. The molecule has 21 heavy (non-hydrogen) atoms. The maximum atomic E-state index is 11.5. The van der Waals surface area contributed by atoms with Crippen LogP contribution in [0.4, 0.5) is 4.79 Å². The zero-order valence-electron chi connectivity index (χ0n) is 12.5. The summed E-state index contributed by atoms with van der Waals surface area (Å²) in [6, 6.07) is 10.0. The Hall–Kier alpha value is -2.04. The topological polar surface area (TPSA) is 78.4 Å². The van der Waals surface area contributed by atoms with E-state index in [4.69, 9.17) is 5.11 Å². The number of carboxylic acids is 1. The summed E-state index contributed by atoms with van der Waals surface area (Å²) >= 11 is 0. The second-order valence-electron chi connectivity index (χ2n) is 5.13. The second-order valence-corrected chi connectivity index (χ2v) is 5.13. The fourth-order valence-corrected chi connectivity index (χ4v) is 2.02. The van der Waals surface area contributed by atoms with Crippen molar-refractivity contribution in [1.82, 2.24) is 10.6 Å². The van der Waals surface area contributed by atoms with Gasteiger partial charge in [-0.25, -0.2) is 4.79 Å². The molecule has 1 atom stereocenters. The van der Waals surface area contributed by atoms with E-state index >= 15 is 0 Å². The molecule has 5 heteroatoms. The van der Waals surface area contributed by atoms with Crippen LogP contribution in [-0.4, -0.2) is 30.2 Å². The number of aliphatic carboxylic acids is 1. The molecule has 1 rings (SSSR count). The van der Waals surface area contributed by atoms with Crippen molar-refractivity contribution < 1.29 is 14.7 Å². The van der Waals surface area contributed by atoms with Crippen molar-refractivity contribution in [2.45, 2.75) is 38.5 Å². The molecule has 0 aliphatic rings. The minimum absolute atomic E-state index is 0.151. The first-order chi connectivity index (χ1) is 10.1. The van der Waals surface area contributed by atoms with Crippen LogP contribution in [0.3, 0.4) is 0 Å². The van der Waals surface area contributed by atoms with Gasteiger partial charge in [0.05, 0.1) is 0 Å². The van der Waals surface area contributed by atoms with Crippen molar-refractivity contribution in [3.63, 3.8) is 0 Å². The van der Waals surface area contributed by atoms with Gasteiger partial charge in [-0.2, -0.15) is 0 Å². The zero-order chi connectivity index (χ0) is 15.5. The van der Waals surface area contributed by atoms with Crippen LogP contribution in [0.15, 0.2) is 30.3 Å². The SMILES string of the molecule is CC(CCNC(=O)NCCCCC(=O)O)c1ccccc1. The molecule has 0 aliphatic carbocycles. The maximum absolute atomic E-state index is 11.5. The molecule has 0 saturated heterocycles. The Morgan fingerprint density at radius 3 is 2.43 bits per heavy atom. The van der Waals surface area contributed by atoms with E-state index in [1.54, 1.807) is 0 Å². The van der Waals surface area contributed by atoms with Gasteiger partial charge in [0.2, 0.25) is 0 Å². The predicted octanol–water partition coefficient (Wildman–Crippen LogP) is 2.73. The number of rotatable bonds is 9. The molecule has 0 aromatic heterocycles. The largest absolute Gasteiger partial charge is 0.481 e. The van der Waals surface area contributed by atoms with E-state index in [-0.39, 0.29) is 12.5 Å². The van der Waals surface area contributed by atoms with Gasteiger partial charge in [0.25, 0.3) is 0 Å². The summed E-state index contributed by atoms with van der Waals surface area (Å²) in [6.07, 6.45) is 2.30. The molecule has 2 amide bonds. The van der Waals surface area contributed by atoms with Crippen LogP contribution >= 0.6 is 0 Å². The summed E-state index contributed by atoms with van der Waals surface area (Å²) in [6.45, 7) is 3.27. The summed E-state index contributed by atoms with van der Waals surface area (Å²) in [5.41, 5.74) is 1.27. The number of unbranched alkanes of at least 4 members (excludes halogenated alkanes) is 1. The van der Waals surface area contributed by atoms with E-state index in [0.29, 0.717) is 31.8 Å². The molecule has 0 saturated carbocycles. The Labute approximate surface area is 125 Å². The number of carbonyl (C=O) groups is 2. The second kappa shape index (κ2) is 9.80. The van der Waals surface area contributed by atoms with Gasteiger partial charge in [0.1, 0.15) is 0 Å². The number of nitrogens with one attached hydrogen (secondary N) is 2. The first-order valence-electron chi connectivity index (χ1n) is 7.38. The Morgan fingerprint density at radius 1 is 1.10 bits per heavy atom. The molecule has 0 bridgehead atoms. The van der Waals surface area contributed by atoms with Gasteiger partial charge in [-0.05, 0) is 30.7 Å². The van der Waals surface area contributed by atoms with Crippen molar-refractivity contribution in [2.24, 2.45) is 0 Å². The lowest BCUT2D eigenvalue weighted by atomic mass is 9.98. The van der Waals surface area contributed by atoms with Crippen LogP contribution < -0.4 is 10.6 Å². The van der Waals surface area contributed by atoms with Crippen LogP contribution in [0.25, 0.3) is 0 Å². The third-order valence-corrected chi connectivity index (χ3v) is 3.33. The monoisotopic (exact) mass is 292 g/mol. The number of amides is 2. The fourth-order valence-electron chi connectivity index (χ4n) is 2.02. The molecule has 1 unspecified atom stereocenters. The first-order valence-corrected chi connectivity index (χ1v) is 7.38. The van der Waals surface area contributed by atoms with Gasteiger partial charge < -0.3 is 15.7 Å². The molecule has 0 aliphatic heterocycles. The van der Waals surface area contributed by atoms with Gasteiger partial charge in [-0.1, -0.05) is 37.3 Å². The highest BCUT2D eigenvalue weighted by atomic mass is 16.4. The molecule has 116 valence electrons. The zero-order valence-corrected chi connectivity index (χ0v) is 12.5. The van der Waals surface area contributed by atoms with E-state index < -0.39 is 5.97 Å². The highest BCUT2D eigenvalue weighted by Crippen LogP contribution is 2.17. The predicted molar refractivity (Wildman–Crippen MR) is 82.4 cm³/mol. The lowest BCUT2D eigenvalue weighted by Gasteiger charge is -2.12. The molecule has 5 nitrogen and oxygen atoms in total. The minimum Gasteiger partial charge on any atom is -0.481 e. The van der Waals surface area contributed by atoms with E-state index in [0.717, 1.165) is 6.42 Å². The molecule has 1 aromatic rings. The summed E-state index contributed by atoms with van der Waals surface area (Å²) in [5.74, 6) is -0.392. The van der Waals surface area contributed by atoms with Crippen molar-refractivity contribution in [3.8, 4) is 0 Å². The summed E-state index contributed by atoms with van der Waals surface area (Å²) < 4.78 is 0. The quantitative estimate of drug-likeness (QED) is 0.612. The molecule has 0 spiro atoms. The lowest BCUT2D eigenvalue weighted by molar-refractivity contribution is -0.137. The van der Waals surface area contributed by atoms with E-state index in [1.165, 1.54) is 5.56 Å². The van der Waals surface area contributed by atoms with E-state index in [2.05, 4.69) is 29.7 Å².